The van der Waals surface area contributed by atoms with E-state index in [1.807, 2.05) is 0 Å². The van der Waals surface area contributed by atoms with E-state index in [0.717, 1.165) is 0 Å². The molecule has 0 aromatic carbocycles. The molecule has 0 heterocycles. The number of rotatable bonds is 0. The van der Waals surface area contributed by atoms with Gasteiger partial charge in [0.05, 0.1) is 0 Å². The largest absolute Gasteiger partial charge is 0 e. The molecule has 0 aromatic heterocycles. The fourth-order valence-electron chi connectivity index (χ4n) is 0. The standard InChI is InChI=1S/La.4H2O.Pb.Ti.Zr.2H/h;4*1H2;;;;;. The summed E-state index contributed by atoms with van der Waals surface area (Å²) in [4.78, 5) is 0. The molecule has 0 saturated carbocycles. The van der Waals surface area contributed by atoms with Gasteiger partial charge in [-0.1, -0.05) is 0 Å². The fraction of sp³-hybridized carbons (Fsp3) is 0. The second kappa shape index (κ2) is 76.3. The summed E-state index contributed by atoms with van der Waals surface area (Å²) in [6.45, 7) is 0. The first-order chi connectivity index (χ1) is 0. The van der Waals surface area contributed by atoms with Gasteiger partial charge in [-0.3, -0.25) is 0 Å². The Morgan fingerprint density at radius 2 is 0.625 bits per heavy atom. The van der Waals surface area contributed by atoms with Crippen LogP contribution in [0, 0.1) is 35.6 Å². The smallest absolute Gasteiger partial charge is 0 e. The zero-order valence-corrected chi connectivity index (χ0v) is 17.4. The Hall–Kier alpha value is 3.55. The summed E-state index contributed by atoms with van der Waals surface area (Å²) in [6, 6.07) is 0. The number of hydrogen-bond acceptors (Lipinski definition) is 0. The van der Waals surface area contributed by atoms with E-state index in [1.165, 1.54) is 0 Å². The van der Waals surface area contributed by atoms with Crippen LogP contribution in [0.25, 0.3) is 0 Å². The van der Waals surface area contributed by atoms with Gasteiger partial charge in [0.2, 0.25) is 0 Å². The zero-order chi connectivity index (χ0) is 0. The molecule has 8 heteroatoms. The maximum atomic E-state index is 0. The molecular formula is H10LaO4PbTiZr. The van der Waals surface area contributed by atoms with Gasteiger partial charge >= 0.3 is 27.3 Å². The van der Waals surface area contributed by atoms with Crippen LogP contribution in [0.5, 0.6) is 0 Å². The molecule has 0 fully saturated rings. The first kappa shape index (κ1) is 102. The van der Waals surface area contributed by atoms with Gasteiger partial charge in [-0.25, -0.2) is 0 Å². The van der Waals surface area contributed by atoms with Crippen molar-refractivity contribution in [2.75, 3.05) is 0 Å². The SMILES string of the molecule is O.O.O.O.[La].[PbH2].[Ti].[Zr]. The molecule has 49 valence electrons. The molecule has 8 N–H and O–H groups in total. The van der Waals surface area contributed by atoms with Crippen LogP contribution in [0.1, 0.15) is 0 Å². The Balaban J connectivity index is 0. The maximum absolute atomic E-state index is 0. The predicted octanol–water partition coefficient (Wildman–Crippen LogP) is -4.22. The topological polar surface area (TPSA) is 126 Å². The van der Waals surface area contributed by atoms with E-state index in [2.05, 4.69) is 0 Å². The summed E-state index contributed by atoms with van der Waals surface area (Å²) in [7, 11) is 0. The Morgan fingerprint density at radius 3 is 0.625 bits per heavy atom. The van der Waals surface area contributed by atoms with Gasteiger partial charge in [0, 0.05) is 83.5 Å². The first-order valence-corrected chi connectivity index (χ1v) is 0. The van der Waals surface area contributed by atoms with E-state index in [0.29, 0.717) is 0 Å². The average Bonchev–Trinajstić information content (AvgIpc) is 0. The van der Waals surface area contributed by atoms with Gasteiger partial charge in [-0.15, -0.1) is 0 Å². The van der Waals surface area contributed by atoms with Crippen molar-refractivity contribution < 1.29 is 105 Å². The number of hydrogen-bond donors (Lipinski definition) is 0. The Kier molecular flexibility index (Phi) is 971. The molecule has 0 bridgehead atoms. The van der Waals surface area contributed by atoms with Crippen LogP contribution in [0.15, 0.2) is 0 Å². The van der Waals surface area contributed by atoms with Crippen molar-refractivity contribution in [1.82, 2.24) is 0 Å². The zero-order valence-electron chi connectivity index (χ0n) is 4.28. The predicted molar refractivity (Wildman–Crippen MR) is 23.0 cm³/mol. The van der Waals surface area contributed by atoms with E-state index in [-0.39, 0.29) is 133 Å². The minimum absolute atomic E-state index is 0. The maximum Gasteiger partial charge on any atom is 0 e. The second-order valence-corrected chi connectivity index (χ2v) is 0. The van der Waals surface area contributed by atoms with Crippen LogP contribution in [-0.4, -0.2) is 49.2 Å². The van der Waals surface area contributed by atoms with Gasteiger partial charge in [-0.2, -0.15) is 0 Å². The quantitative estimate of drug-likeness (QED) is 0.267. The van der Waals surface area contributed by atoms with Crippen LogP contribution >= 0.6 is 0 Å². The molecule has 0 aromatic rings. The van der Waals surface area contributed by atoms with Gasteiger partial charge < -0.3 is 21.9 Å². The summed E-state index contributed by atoms with van der Waals surface area (Å²) < 4.78 is 0. The summed E-state index contributed by atoms with van der Waals surface area (Å²) >= 11 is 0. The fourth-order valence-corrected chi connectivity index (χ4v) is 0. The second-order valence-electron chi connectivity index (χ2n) is 0. The van der Waals surface area contributed by atoms with Gasteiger partial charge in [0.25, 0.3) is 0 Å². The minimum atomic E-state index is 0. The van der Waals surface area contributed by atoms with E-state index in [9.17, 15) is 0 Å². The average molecular weight is 559 g/mol. The van der Waals surface area contributed by atoms with Crippen LogP contribution < -0.4 is 0 Å². The van der Waals surface area contributed by atoms with Crippen LogP contribution in [0.3, 0.4) is 0 Å². The monoisotopic (exact) mass is 559 g/mol. The summed E-state index contributed by atoms with van der Waals surface area (Å²) in [5.74, 6) is 0. The molecular weight excluding hydrogens is 549 g/mol. The van der Waals surface area contributed by atoms with Gasteiger partial charge in [0.15, 0.2) is 0 Å². The van der Waals surface area contributed by atoms with Gasteiger partial charge in [0.1, 0.15) is 0 Å². The van der Waals surface area contributed by atoms with Crippen molar-refractivity contribution in [2.24, 2.45) is 0 Å². The van der Waals surface area contributed by atoms with Gasteiger partial charge in [-0.05, 0) is 0 Å². The van der Waals surface area contributed by atoms with Crippen molar-refractivity contribution in [1.29, 1.82) is 0 Å². The van der Waals surface area contributed by atoms with E-state index in [4.69, 9.17) is 0 Å². The molecule has 0 aliphatic rings. The van der Waals surface area contributed by atoms with Crippen molar-refractivity contribution >= 4 is 27.3 Å². The Labute approximate surface area is 130 Å². The molecule has 0 aliphatic heterocycles. The molecule has 8 heavy (non-hydrogen) atoms. The summed E-state index contributed by atoms with van der Waals surface area (Å²) in [6.07, 6.45) is 0. The molecule has 0 saturated heterocycles. The van der Waals surface area contributed by atoms with Crippen LogP contribution in [0.4, 0.5) is 0 Å². The van der Waals surface area contributed by atoms with E-state index < -0.39 is 0 Å². The molecule has 0 unspecified atom stereocenters. The Morgan fingerprint density at radius 1 is 0.625 bits per heavy atom. The van der Waals surface area contributed by atoms with Crippen molar-refractivity contribution in [3.8, 4) is 0 Å². The van der Waals surface area contributed by atoms with E-state index in [1.54, 1.807) is 0 Å². The third kappa shape index (κ3) is 55.3. The molecule has 0 spiro atoms. The molecule has 0 atom stereocenters. The minimum Gasteiger partial charge on any atom is 0 e. The molecule has 0 amide bonds. The summed E-state index contributed by atoms with van der Waals surface area (Å²) in [5.41, 5.74) is 0. The third-order valence-corrected chi connectivity index (χ3v) is 0. The van der Waals surface area contributed by atoms with Crippen LogP contribution in [-0.2, 0) is 47.9 Å². The molecule has 0 aliphatic carbocycles. The van der Waals surface area contributed by atoms with Crippen molar-refractivity contribution in [3.05, 3.63) is 0 Å². The normalized spacial score (nSPS) is 0. The van der Waals surface area contributed by atoms with Crippen molar-refractivity contribution in [3.63, 3.8) is 0 Å². The summed E-state index contributed by atoms with van der Waals surface area (Å²) in [5, 5.41) is 0. The molecule has 4 nitrogen and oxygen atoms in total. The van der Waals surface area contributed by atoms with Crippen molar-refractivity contribution in [2.45, 2.75) is 0 Å². The first-order valence-electron chi connectivity index (χ1n) is 0. The third-order valence-electron chi connectivity index (χ3n) is 0. The molecule has 3 radical (unpaired) electrons. The van der Waals surface area contributed by atoms with E-state index >= 15 is 0 Å². The van der Waals surface area contributed by atoms with Crippen LogP contribution in [0.2, 0.25) is 0 Å². The molecule has 0 rings (SSSR count). The Bertz CT molecular complexity index is 16.0.